The van der Waals surface area contributed by atoms with Gasteiger partial charge in [-0.15, -0.1) is 5.73 Å². The standard InChI is InChI=1S/C20H32O/c1-15(2)9-7-10-17(5)11-8-12-20(6)18(13-16(3)4)19(20)14-21/h9,11,19,21H,7-8,10,12,14H2,1-6H3/b17-11+/t19-,20-/m0/s1. The second-order valence-corrected chi connectivity index (χ2v) is 7.10. The van der Waals surface area contributed by atoms with Gasteiger partial charge >= 0.3 is 0 Å². The quantitative estimate of drug-likeness (QED) is 0.479. The Labute approximate surface area is 131 Å². The van der Waals surface area contributed by atoms with Crippen LogP contribution in [-0.4, -0.2) is 11.7 Å². The zero-order valence-electron chi connectivity index (χ0n) is 14.7. The van der Waals surface area contributed by atoms with E-state index in [2.05, 4.69) is 59.4 Å². The van der Waals surface area contributed by atoms with Crippen LogP contribution in [0, 0.1) is 11.3 Å². The molecule has 0 heterocycles. The summed E-state index contributed by atoms with van der Waals surface area (Å²) in [6, 6.07) is 0. The molecule has 0 aliphatic heterocycles. The van der Waals surface area contributed by atoms with Crippen LogP contribution in [0.5, 0.6) is 0 Å². The number of aliphatic hydroxyl groups excluding tert-OH is 1. The van der Waals surface area contributed by atoms with Crippen molar-refractivity contribution in [1.82, 2.24) is 0 Å². The van der Waals surface area contributed by atoms with Gasteiger partial charge in [0.2, 0.25) is 0 Å². The van der Waals surface area contributed by atoms with E-state index in [1.807, 2.05) is 0 Å². The van der Waals surface area contributed by atoms with Crippen LogP contribution < -0.4 is 0 Å². The first kappa shape index (κ1) is 18.0. The molecule has 0 bridgehead atoms. The van der Waals surface area contributed by atoms with Crippen LogP contribution in [-0.2, 0) is 0 Å². The fourth-order valence-corrected chi connectivity index (χ4v) is 2.98. The second kappa shape index (κ2) is 7.82. The van der Waals surface area contributed by atoms with Gasteiger partial charge in [0.05, 0.1) is 6.61 Å². The van der Waals surface area contributed by atoms with Crippen LogP contribution in [0.1, 0.15) is 67.2 Å². The maximum Gasteiger partial charge on any atom is 0.0511 e. The van der Waals surface area contributed by atoms with Crippen molar-refractivity contribution in [2.24, 2.45) is 11.3 Å². The molecular weight excluding hydrogens is 256 g/mol. The highest BCUT2D eigenvalue weighted by Gasteiger charge is 2.54. The summed E-state index contributed by atoms with van der Waals surface area (Å²) in [6.45, 7) is 13.2. The lowest BCUT2D eigenvalue weighted by molar-refractivity contribution is 0.250. The molecule has 1 aliphatic rings. The molecule has 2 atom stereocenters. The molecular formula is C20H32O. The van der Waals surface area contributed by atoms with Crippen molar-refractivity contribution in [3.05, 3.63) is 40.2 Å². The highest BCUT2D eigenvalue weighted by atomic mass is 16.3. The van der Waals surface area contributed by atoms with E-state index >= 15 is 0 Å². The molecule has 1 rings (SSSR count). The fourth-order valence-electron chi connectivity index (χ4n) is 2.98. The van der Waals surface area contributed by atoms with Gasteiger partial charge in [0.25, 0.3) is 0 Å². The van der Waals surface area contributed by atoms with E-state index in [0.29, 0.717) is 5.92 Å². The molecule has 1 saturated carbocycles. The minimum atomic E-state index is 0.169. The SMILES string of the molecule is CC(C)=C=C1[C@H](CO)[C@@]1(C)CC/C=C(\C)CCC=C(C)C. The fraction of sp³-hybridized carbons (Fsp3) is 0.650. The van der Waals surface area contributed by atoms with Crippen LogP contribution in [0.25, 0.3) is 0 Å². The number of hydrogen-bond acceptors (Lipinski definition) is 1. The van der Waals surface area contributed by atoms with Crippen molar-refractivity contribution in [2.75, 3.05) is 6.61 Å². The number of hydrogen-bond donors (Lipinski definition) is 1. The summed E-state index contributed by atoms with van der Waals surface area (Å²) in [5, 5.41) is 9.51. The minimum absolute atomic E-state index is 0.169. The average molecular weight is 288 g/mol. The van der Waals surface area contributed by atoms with Crippen molar-refractivity contribution in [3.63, 3.8) is 0 Å². The van der Waals surface area contributed by atoms with Gasteiger partial charge in [-0.1, -0.05) is 30.2 Å². The largest absolute Gasteiger partial charge is 0.396 e. The van der Waals surface area contributed by atoms with Gasteiger partial charge in [0, 0.05) is 11.3 Å². The molecule has 1 N–H and O–H groups in total. The number of allylic oxidation sites excluding steroid dienone is 4. The molecule has 21 heavy (non-hydrogen) atoms. The highest BCUT2D eigenvalue weighted by molar-refractivity contribution is 5.37. The summed E-state index contributed by atoms with van der Waals surface area (Å²) in [7, 11) is 0. The maximum atomic E-state index is 9.51. The summed E-state index contributed by atoms with van der Waals surface area (Å²) in [6.07, 6.45) is 9.19. The Morgan fingerprint density at radius 1 is 1.14 bits per heavy atom. The Balaban J connectivity index is 2.52. The first-order valence-corrected chi connectivity index (χ1v) is 8.15. The van der Waals surface area contributed by atoms with Gasteiger partial charge in [-0.25, -0.2) is 0 Å². The van der Waals surface area contributed by atoms with E-state index in [0.717, 1.165) is 25.7 Å². The molecule has 1 fully saturated rings. The molecule has 1 nitrogen and oxygen atoms in total. The van der Waals surface area contributed by atoms with E-state index in [9.17, 15) is 5.11 Å². The Morgan fingerprint density at radius 3 is 2.33 bits per heavy atom. The van der Waals surface area contributed by atoms with Crippen LogP contribution >= 0.6 is 0 Å². The van der Waals surface area contributed by atoms with E-state index < -0.39 is 0 Å². The summed E-state index contributed by atoms with van der Waals surface area (Å²) in [5.74, 6) is 0.326. The summed E-state index contributed by atoms with van der Waals surface area (Å²) in [5.41, 5.74) is 9.01. The zero-order chi connectivity index (χ0) is 16.0. The molecule has 118 valence electrons. The molecule has 0 aromatic rings. The van der Waals surface area contributed by atoms with Crippen LogP contribution in [0.15, 0.2) is 40.2 Å². The first-order valence-electron chi connectivity index (χ1n) is 8.15. The van der Waals surface area contributed by atoms with E-state index in [4.69, 9.17) is 0 Å². The number of rotatable bonds is 7. The number of aliphatic hydroxyl groups is 1. The summed E-state index contributed by atoms with van der Waals surface area (Å²) < 4.78 is 0. The highest BCUT2D eigenvalue weighted by Crippen LogP contribution is 2.60. The third-order valence-corrected chi connectivity index (χ3v) is 4.46. The predicted octanol–water partition coefficient (Wildman–Crippen LogP) is 5.58. The molecule has 0 spiro atoms. The summed E-state index contributed by atoms with van der Waals surface area (Å²) >= 11 is 0. The van der Waals surface area contributed by atoms with Crippen molar-refractivity contribution < 1.29 is 5.11 Å². The first-order chi connectivity index (χ1) is 9.81. The molecule has 0 saturated heterocycles. The molecule has 0 amide bonds. The molecule has 1 heteroatoms. The van der Waals surface area contributed by atoms with Crippen LogP contribution in [0.4, 0.5) is 0 Å². The van der Waals surface area contributed by atoms with Crippen LogP contribution in [0.2, 0.25) is 0 Å². The molecule has 0 aromatic heterocycles. The third kappa shape index (κ3) is 5.34. The Hall–Kier alpha value is -1.04. The molecule has 0 radical (unpaired) electrons. The van der Waals surface area contributed by atoms with Crippen LogP contribution in [0.3, 0.4) is 0 Å². The lowest BCUT2D eigenvalue weighted by Gasteiger charge is -2.07. The topological polar surface area (TPSA) is 20.2 Å². The zero-order valence-corrected chi connectivity index (χ0v) is 14.7. The maximum absolute atomic E-state index is 9.51. The second-order valence-electron chi connectivity index (χ2n) is 7.10. The molecule has 0 unspecified atom stereocenters. The lowest BCUT2D eigenvalue weighted by Crippen LogP contribution is -2.00. The summed E-state index contributed by atoms with van der Waals surface area (Å²) in [4.78, 5) is 0. The van der Waals surface area contributed by atoms with Crippen molar-refractivity contribution >= 4 is 0 Å². The van der Waals surface area contributed by atoms with Gasteiger partial charge in [-0.3, -0.25) is 0 Å². The Bertz CT molecular complexity index is 478. The van der Waals surface area contributed by atoms with Gasteiger partial charge in [-0.05, 0) is 71.4 Å². The van der Waals surface area contributed by atoms with Gasteiger partial charge < -0.3 is 5.11 Å². The monoisotopic (exact) mass is 288 g/mol. The van der Waals surface area contributed by atoms with Crippen molar-refractivity contribution in [2.45, 2.75) is 67.2 Å². The van der Waals surface area contributed by atoms with Crippen molar-refractivity contribution in [1.29, 1.82) is 0 Å². The van der Waals surface area contributed by atoms with Gasteiger partial charge in [0.1, 0.15) is 0 Å². The smallest absolute Gasteiger partial charge is 0.0511 e. The van der Waals surface area contributed by atoms with Crippen molar-refractivity contribution in [3.8, 4) is 0 Å². The third-order valence-electron chi connectivity index (χ3n) is 4.46. The Morgan fingerprint density at radius 2 is 1.81 bits per heavy atom. The average Bonchev–Trinajstić information content (AvgIpc) is 2.91. The van der Waals surface area contributed by atoms with E-state index in [1.165, 1.54) is 22.3 Å². The predicted molar refractivity (Wildman–Crippen MR) is 92.2 cm³/mol. The van der Waals surface area contributed by atoms with Gasteiger partial charge in [0.15, 0.2) is 0 Å². The van der Waals surface area contributed by atoms with Gasteiger partial charge in [-0.2, -0.15) is 0 Å². The normalized spacial score (nSPS) is 24.6. The Kier molecular flexibility index (Phi) is 6.71. The molecule has 0 aromatic carbocycles. The van der Waals surface area contributed by atoms with E-state index in [-0.39, 0.29) is 12.0 Å². The lowest BCUT2D eigenvalue weighted by atomic mass is 9.97. The molecule has 1 aliphatic carbocycles. The minimum Gasteiger partial charge on any atom is -0.396 e. The van der Waals surface area contributed by atoms with E-state index in [1.54, 1.807) is 0 Å².